The molecule has 2 N–H and O–H groups in total. The third-order valence-corrected chi connectivity index (χ3v) is 2.58. The molecule has 90 valence electrons. The van der Waals surface area contributed by atoms with Crippen molar-refractivity contribution in [2.24, 2.45) is 5.73 Å². The number of hydrogen-bond donors (Lipinski definition) is 1. The standard InChI is InChI=1S/C10H10FN3O3/c11-6-1-2-8(9(3-6)14(16)17)13-5-7(12)4-10(13)15/h1-3,7H,4-5,12H2. The number of rotatable bonds is 2. The van der Waals surface area contributed by atoms with E-state index < -0.39 is 16.4 Å². The van der Waals surface area contributed by atoms with E-state index in [-0.39, 0.29) is 30.6 Å². The second kappa shape index (κ2) is 4.10. The van der Waals surface area contributed by atoms with Crippen molar-refractivity contribution in [1.82, 2.24) is 0 Å². The van der Waals surface area contributed by atoms with Crippen LogP contribution in [0.25, 0.3) is 0 Å². The summed E-state index contributed by atoms with van der Waals surface area (Å²) in [5.74, 6) is -0.997. The third kappa shape index (κ3) is 2.09. The summed E-state index contributed by atoms with van der Waals surface area (Å²) in [6.07, 6.45) is 0.147. The van der Waals surface area contributed by atoms with Crippen LogP contribution in [-0.2, 0) is 4.79 Å². The highest BCUT2D eigenvalue weighted by molar-refractivity contribution is 5.98. The Kier molecular flexibility index (Phi) is 2.76. The molecule has 1 amide bonds. The Bertz CT molecular complexity index is 492. The number of halogens is 1. The van der Waals surface area contributed by atoms with Crippen molar-refractivity contribution < 1.29 is 14.1 Å². The van der Waals surface area contributed by atoms with Crippen molar-refractivity contribution in [2.75, 3.05) is 11.4 Å². The van der Waals surface area contributed by atoms with Gasteiger partial charge in [-0.2, -0.15) is 0 Å². The van der Waals surface area contributed by atoms with E-state index in [0.29, 0.717) is 0 Å². The van der Waals surface area contributed by atoms with Gasteiger partial charge in [-0.3, -0.25) is 14.9 Å². The molecule has 1 heterocycles. The number of nitrogens with two attached hydrogens (primary N) is 1. The molecule has 0 bridgehead atoms. The molecule has 2 rings (SSSR count). The summed E-state index contributed by atoms with van der Waals surface area (Å²) in [5.41, 5.74) is 5.27. The average molecular weight is 239 g/mol. The van der Waals surface area contributed by atoms with E-state index in [1.807, 2.05) is 0 Å². The number of nitro benzene ring substituents is 1. The lowest BCUT2D eigenvalue weighted by molar-refractivity contribution is -0.384. The Morgan fingerprint density at radius 2 is 2.24 bits per heavy atom. The van der Waals surface area contributed by atoms with Crippen molar-refractivity contribution in [3.8, 4) is 0 Å². The number of nitrogens with zero attached hydrogens (tertiary/aromatic N) is 2. The first kappa shape index (κ1) is 11.5. The number of nitro groups is 1. The molecular formula is C10H10FN3O3. The minimum atomic E-state index is -0.713. The molecule has 1 fully saturated rings. The van der Waals surface area contributed by atoms with Crippen molar-refractivity contribution in [3.63, 3.8) is 0 Å². The first-order valence-electron chi connectivity index (χ1n) is 4.99. The molecular weight excluding hydrogens is 229 g/mol. The first-order chi connectivity index (χ1) is 7.99. The van der Waals surface area contributed by atoms with E-state index in [1.54, 1.807) is 0 Å². The lowest BCUT2D eigenvalue weighted by Gasteiger charge is -2.15. The number of anilines is 1. The van der Waals surface area contributed by atoms with Gasteiger partial charge < -0.3 is 10.6 Å². The van der Waals surface area contributed by atoms with E-state index in [0.717, 1.165) is 12.1 Å². The van der Waals surface area contributed by atoms with Gasteiger partial charge in [0.2, 0.25) is 5.91 Å². The third-order valence-electron chi connectivity index (χ3n) is 2.58. The molecule has 17 heavy (non-hydrogen) atoms. The Balaban J connectivity index is 2.45. The zero-order valence-corrected chi connectivity index (χ0v) is 8.80. The number of amides is 1. The van der Waals surface area contributed by atoms with Crippen LogP contribution in [0.3, 0.4) is 0 Å². The molecule has 1 unspecified atom stereocenters. The van der Waals surface area contributed by atoms with Gasteiger partial charge in [-0.15, -0.1) is 0 Å². The topological polar surface area (TPSA) is 89.5 Å². The molecule has 1 aliphatic heterocycles. The molecule has 1 aromatic carbocycles. The van der Waals surface area contributed by atoms with Crippen molar-refractivity contribution in [3.05, 3.63) is 34.1 Å². The fourth-order valence-electron chi connectivity index (χ4n) is 1.84. The summed E-state index contributed by atoms with van der Waals surface area (Å²) in [6, 6.07) is 2.77. The first-order valence-corrected chi connectivity index (χ1v) is 4.99. The minimum absolute atomic E-state index is 0.0920. The highest BCUT2D eigenvalue weighted by atomic mass is 19.1. The van der Waals surface area contributed by atoms with Crippen molar-refractivity contribution in [2.45, 2.75) is 12.5 Å². The van der Waals surface area contributed by atoms with Gasteiger partial charge in [0.1, 0.15) is 11.5 Å². The van der Waals surface area contributed by atoms with Gasteiger partial charge in [0.15, 0.2) is 0 Å². The van der Waals surface area contributed by atoms with Crippen LogP contribution in [0.5, 0.6) is 0 Å². The van der Waals surface area contributed by atoms with Gasteiger partial charge in [0.25, 0.3) is 5.69 Å². The van der Waals surface area contributed by atoms with Crippen LogP contribution < -0.4 is 10.6 Å². The van der Waals surface area contributed by atoms with E-state index >= 15 is 0 Å². The van der Waals surface area contributed by atoms with Crippen LogP contribution in [0.2, 0.25) is 0 Å². The summed E-state index contributed by atoms with van der Waals surface area (Å²) >= 11 is 0. The van der Waals surface area contributed by atoms with Gasteiger partial charge in [-0.05, 0) is 12.1 Å². The molecule has 0 spiro atoms. The summed E-state index contributed by atoms with van der Waals surface area (Å²) in [6.45, 7) is 0.214. The maximum atomic E-state index is 12.9. The molecule has 0 saturated carbocycles. The Morgan fingerprint density at radius 3 is 2.76 bits per heavy atom. The predicted octanol–water partition coefficient (Wildman–Crippen LogP) is 0.798. The largest absolute Gasteiger partial charge is 0.326 e. The zero-order chi connectivity index (χ0) is 12.6. The zero-order valence-electron chi connectivity index (χ0n) is 8.80. The maximum Gasteiger partial charge on any atom is 0.295 e. The molecule has 1 aromatic rings. The van der Waals surface area contributed by atoms with Gasteiger partial charge >= 0.3 is 0 Å². The van der Waals surface area contributed by atoms with Crippen LogP contribution in [0, 0.1) is 15.9 Å². The quantitative estimate of drug-likeness (QED) is 0.610. The van der Waals surface area contributed by atoms with Crippen LogP contribution in [0.4, 0.5) is 15.8 Å². The number of carbonyl (C=O) groups is 1. The van der Waals surface area contributed by atoms with Crippen molar-refractivity contribution >= 4 is 17.3 Å². The highest BCUT2D eigenvalue weighted by Crippen LogP contribution is 2.31. The molecule has 0 aromatic heterocycles. The molecule has 0 aliphatic carbocycles. The van der Waals surface area contributed by atoms with Gasteiger partial charge in [-0.25, -0.2) is 4.39 Å². The lowest BCUT2D eigenvalue weighted by Crippen LogP contribution is -2.28. The van der Waals surface area contributed by atoms with Crippen molar-refractivity contribution in [1.29, 1.82) is 0 Å². The van der Waals surface area contributed by atoms with E-state index in [1.165, 1.54) is 11.0 Å². The Morgan fingerprint density at radius 1 is 1.53 bits per heavy atom. The summed E-state index contributed by atoms with van der Waals surface area (Å²) in [5, 5.41) is 10.8. The van der Waals surface area contributed by atoms with Crippen LogP contribution in [0.15, 0.2) is 18.2 Å². The normalized spacial score (nSPS) is 19.8. The van der Waals surface area contributed by atoms with E-state index in [2.05, 4.69) is 0 Å². The fourth-order valence-corrected chi connectivity index (χ4v) is 1.84. The summed E-state index contributed by atoms with van der Waals surface area (Å²) in [4.78, 5) is 22.9. The summed E-state index contributed by atoms with van der Waals surface area (Å²) in [7, 11) is 0. The highest BCUT2D eigenvalue weighted by Gasteiger charge is 2.32. The number of hydrogen-bond acceptors (Lipinski definition) is 4. The van der Waals surface area contributed by atoms with Crippen LogP contribution in [-0.4, -0.2) is 23.4 Å². The number of benzene rings is 1. The second-order valence-electron chi connectivity index (χ2n) is 3.86. The van der Waals surface area contributed by atoms with Crippen LogP contribution >= 0.6 is 0 Å². The number of carbonyl (C=O) groups excluding carboxylic acids is 1. The molecule has 1 saturated heterocycles. The van der Waals surface area contributed by atoms with Crippen LogP contribution in [0.1, 0.15) is 6.42 Å². The molecule has 1 aliphatic rings. The molecule has 6 nitrogen and oxygen atoms in total. The predicted molar refractivity (Wildman–Crippen MR) is 58.0 cm³/mol. The Labute approximate surface area is 96.0 Å². The van der Waals surface area contributed by atoms with Gasteiger partial charge in [-0.1, -0.05) is 0 Å². The molecule has 0 radical (unpaired) electrons. The summed E-state index contributed by atoms with van der Waals surface area (Å²) < 4.78 is 12.9. The molecule has 7 heteroatoms. The monoisotopic (exact) mass is 239 g/mol. The average Bonchev–Trinajstić information content (AvgIpc) is 2.57. The second-order valence-corrected chi connectivity index (χ2v) is 3.86. The van der Waals surface area contributed by atoms with Gasteiger partial charge in [0.05, 0.1) is 11.0 Å². The smallest absolute Gasteiger partial charge is 0.295 e. The maximum absolute atomic E-state index is 12.9. The van der Waals surface area contributed by atoms with E-state index in [4.69, 9.17) is 5.73 Å². The molecule has 1 atom stereocenters. The minimum Gasteiger partial charge on any atom is -0.326 e. The lowest BCUT2D eigenvalue weighted by atomic mass is 10.2. The van der Waals surface area contributed by atoms with E-state index in [9.17, 15) is 19.3 Å². The Hall–Kier alpha value is -2.02. The van der Waals surface area contributed by atoms with Gasteiger partial charge in [0, 0.05) is 19.0 Å². The fraction of sp³-hybridized carbons (Fsp3) is 0.300. The SMILES string of the molecule is NC1CC(=O)N(c2ccc(F)cc2[N+](=O)[O-])C1.